The van der Waals surface area contributed by atoms with Crippen LogP contribution < -0.4 is 10.1 Å². The fourth-order valence-electron chi connectivity index (χ4n) is 3.67. The largest absolute Gasteiger partial charge is 0.496 e. The number of nitrogens with zero attached hydrogens (tertiary/aromatic N) is 1. The minimum Gasteiger partial charge on any atom is -0.496 e. The van der Waals surface area contributed by atoms with Crippen LogP contribution in [0.1, 0.15) is 36.8 Å². The van der Waals surface area contributed by atoms with Crippen molar-refractivity contribution in [3.05, 3.63) is 59.7 Å². The number of hydrogen-bond donors (Lipinski definition) is 1. The molecule has 0 atom stereocenters. The van der Waals surface area contributed by atoms with Crippen LogP contribution in [0.25, 0.3) is 0 Å². The van der Waals surface area contributed by atoms with E-state index < -0.39 is 10.0 Å². The number of para-hydroxylation sites is 1. The number of sulfonamides is 1. The Kier molecular flexibility index (Phi) is 7.87. The summed E-state index contributed by atoms with van der Waals surface area (Å²) in [6, 6.07) is 14.7. The first-order valence-corrected chi connectivity index (χ1v) is 11.9. The Bertz CT molecular complexity index is 936. The highest BCUT2D eigenvalue weighted by Crippen LogP contribution is 2.21. The molecular weight excluding hydrogens is 400 g/mol. The van der Waals surface area contributed by atoms with Crippen LogP contribution in [0.2, 0.25) is 0 Å². The third-order valence-corrected chi connectivity index (χ3v) is 7.34. The zero-order valence-electron chi connectivity index (χ0n) is 17.5. The van der Waals surface area contributed by atoms with E-state index >= 15 is 0 Å². The molecule has 162 valence electrons. The van der Waals surface area contributed by atoms with Gasteiger partial charge in [-0.15, -0.1) is 0 Å². The van der Waals surface area contributed by atoms with Gasteiger partial charge in [0, 0.05) is 26.1 Å². The summed E-state index contributed by atoms with van der Waals surface area (Å²) in [7, 11) is -1.77. The molecule has 6 nitrogen and oxygen atoms in total. The number of piperidine rings is 1. The van der Waals surface area contributed by atoms with Crippen LogP contribution in [0.15, 0.2) is 53.4 Å². The average Bonchev–Trinajstić information content (AvgIpc) is 2.79. The predicted octanol–water partition coefficient (Wildman–Crippen LogP) is 3.16. The van der Waals surface area contributed by atoms with E-state index in [1.54, 1.807) is 35.7 Å². The van der Waals surface area contributed by atoms with Crippen LogP contribution in [0, 0.1) is 0 Å². The van der Waals surface area contributed by atoms with Crippen molar-refractivity contribution < 1.29 is 17.9 Å². The number of methoxy groups -OCH3 is 1. The summed E-state index contributed by atoms with van der Waals surface area (Å²) in [5, 5.41) is 2.93. The highest BCUT2D eigenvalue weighted by atomic mass is 32.2. The lowest BCUT2D eigenvalue weighted by molar-refractivity contribution is -0.121. The SMILES string of the molecule is COc1ccccc1CCNC(=O)CCc1ccc(S(=O)(=O)N2CCCCC2)cc1. The second kappa shape index (κ2) is 10.6. The Morgan fingerprint density at radius 3 is 2.40 bits per heavy atom. The van der Waals surface area contributed by atoms with Gasteiger partial charge in [0.05, 0.1) is 12.0 Å². The monoisotopic (exact) mass is 430 g/mol. The summed E-state index contributed by atoms with van der Waals surface area (Å²) in [6.45, 7) is 1.74. The minimum absolute atomic E-state index is 0.0186. The minimum atomic E-state index is -3.41. The molecule has 0 unspecified atom stereocenters. The summed E-state index contributed by atoms with van der Waals surface area (Å²) in [5.41, 5.74) is 2.01. The topological polar surface area (TPSA) is 75.7 Å². The van der Waals surface area contributed by atoms with Crippen molar-refractivity contribution in [2.24, 2.45) is 0 Å². The quantitative estimate of drug-likeness (QED) is 0.663. The van der Waals surface area contributed by atoms with Crippen molar-refractivity contribution in [3.8, 4) is 5.75 Å². The van der Waals surface area contributed by atoms with Gasteiger partial charge in [-0.1, -0.05) is 36.8 Å². The molecule has 0 aliphatic carbocycles. The van der Waals surface area contributed by atoms with Gasteiger partial charge in [0.1, 0.15) is 5.75 Å². The van der Waals surface area contributed by atoms with E-state index in [-0.39, 0.29) is 5.91 Å². The maximum atomic E-state index is 12.7. The average molecular weight is 431 g/mol. The molecule has 0 saturated carbocycles. The van der Waals surface area contributed by atoms with Gasteiger partial charge in [0.25, 0.3) is 0 Å². The Morgan fingerprint density at radius 1 is 1.00 bits per heavy atom. The van der Waals surface area contributed by atoms with Gasteiger partial charge >= 0.3 is 0 Å². The molecule has 2 aromatic carbocycles. The van der Waals surface area contributed by atoms with Crippen molar-refractivity contribution >= 4 is 15.9 Å². The Balaban J connectivity index is 1.46. The van der Waals surface area contributed by atoms with Crippen molar-refractivity contribution in [3.63, 3.8) is 0 Å². The third-order valence-electron chi connectivity index (χ3n) is 5.43. The molecule has 1 aliphatic rings. The molecule has 1 saturated heterocycles. The van der Waals surface area contributed by atoms with Gasteiger partial charge in [-0.2, -0.15) is 4.31 Å². The molecule has 0 bridgehead atoms. The van der Waals surface area contributed by atoms with Crippen molar-refractivity contribution in [1.82, 2.24) is 9.62 Å². The Morgan fingerprint density at radius 2 is 1.70 bits per heavy atom. The van der Waals surface area contributed by atoms with Crippen LogP contribution in [0.5, 0.6) is 5.75 Å². The summed E-state index contributed by atoms with van der Waals surface area (Å²) >= 11 is 0. The molecule has 0 radical (unpaired) electrons. The van der Waals surface area contributed by atoms with Gasteiger partial charge in [-0.3, -0.25) is 4.79 Å². The van der Waals surface area contributed by atoms with E-state index in [1.165, 1.54) is 0 Å². The number of carbonyl (C=O) groups excluding carboxylic acids is 1. The van der Waals surface area contributed by atoms with Crippen LogP contribution >= 0.6 is 0 Å². The summed E-state index contributed by atoms with van der Waals surface area (Å²) in [4.78, 5) is 12.5. The lowest BCUT2D eigenvalue weighted by Gasteiger charge is -2.25. The number of ether oxygens (including phenoxy) is 1. The lowest BCUT2D eigenvalue weighted by atomic mass is 10.1. The highest BCUT2D eigenvalue weighted by molar-refractivity contribution is 7.89. The third kappa shape index (κ3) is 5.83. The van der Waals surface area contributed by atoms with Crippen LogP contribution in [0.4, 0.5) is 0 Å². The van der Waals surface area contributed by atoms with Gasteiger partial charge in [0.2, 0.25) is 15.9 Å². The fraction of sp³-hybridized carbons (Fsp3) is 0.435. The maximum Gasteiger partial charge on any atom is 0.243 e. The number of benzene rings is 2. The molecule has 0 spiro atoms. The number of carbonyl (C=O) groups is 1. The first kappa shape index (κ1) is 22.3. The van der Waals surface area contributed by atoms with Gasteiger partial charge in [-0.05, 0) is 55.0 Å². The molecule has 1 heterocycles. The molecule has 1 amide bonds. The maximum absolute atomic E-state index is 12.7. The van der Waals surface area contributed by atoms with Crippen molar-refractivity contribution in [2.75, 3.05) is 26.7 Å². The molecule has 1 fully saturated rings. The summed E-state index contributed by atoms with van der Waals surface area (Å²) < 4.78 is 32.3. The molecule has 1 aliphatic heterocycles. The van der Waals surface area contributed by atoms with Crippen LogP contribution in [-0.4, -0.2) is 45.4 Å². The van der Waals surface area contributed by atoms with E-state index in [9.17, 15) is 13.2 Å². The Labute approximate surface area is 179 Å². The number of rotatable bonds is 9. The predicted molar refractivity (Wildman–Crippen MR) is 117 cm³/mol. The second-order valence-electron chi connectivity index (χ2n) is 7.52. The molecule has 0 aromatic heterocycles. The standard InChI is InChI=1S/C23H30N2O4S/c1-29-22-8-4-3-7-20(22)15-16-24-23(26)14-11-19-9-12-21(13-10-19)30(27,28)25-17-5-2-6-18-25/h3-4,7-10,12-13H,2,5-6,11,14-18H2,1H3,(H,24,26). The summed E-state index contributed by atoms with van der Waals surface area (Å²) in [6.07, 6.45) is 4.58. The van der Waals surface area contributed by atoms with E-state index in [1.807, 2.05) is 24.3 Å². The van der Waals surface area contributed by atoms with Gasteiger partial charge < -0.3 is 10.1 Å². The molecule has 3 rings (SSSR count). The molecule has 2 aromatic rings. The van der Waals surface area contributed by atoms with E-state index in [0.29, 0.717) is 43.8 Å². The zero-order valence-corrected chi connectivity index (χ0v) is 18.3. The second-order valence-corrected chi connectivity index (χ2v) is 9.46. The first-order chi connectivity index (χ1) is 14.5. The smallest absolute Gasteiger partial charge is 0.243 e. The van der Waals surface area contributed by atoms with Gasteiger partial charge in [0.15, 0.2) is 0 Å². The fourth-order valence-corrected chi connectivity index (χ4v) is 5.19. The summed E-state index contributed by atoms with van der Waals surface area (Å²) in [5.74, 6) is 0.807. The lowest BCUT2D eigenvalue weighted by Crippen LogP contribution is -2.35. The molecular formula is C23H30N2O4S. The van der Waals surface area contributed by atoms with Crippen molar-refractivity contribution in [2.45, 2.75) is 43.4 Å². The zero-order chi connectivity index (χ0) is 21.4. The number of hydrogen-bond acceptors (Lipinski definition) is 4. The number of nitrogens with one attached hydrogen (secondary N) is 1. The number of aryl methyl sites for hydroxylation is 1. The first-order valence-electron chi connectivity index (χ1n) is 10.5. The normalized spacial score (nSPS) is 15.0. The molecule has 1 N–H and O–H groups in total. The number of amides is 1. The molecule has 30 heavy (non-hydrogen) atoms. The van der Waals surface area contributed by atoms with E-state index in [4.69, 9.17) is 4.74 Å². The van der Waals surface area contributed by atoms with E-state index in [2.05, 4.69) is 5.32 Å². The van der Waals surface area contributed by atoms with Crippen molar-refractivity contribution in [1.29, 1.82) is 0 Å². The Hall–Kier alpha value is -2.38. The van der Waals surface area contributed by atoms with E-state index in [0.717, 1.165) is 36.1 Å². The molecule has 7 heteroatoms. The van der Waals surface area contributed by atoms with Crippen LogP contribution in [0.3, 0.4) is 0 Å². The van der Waals surface area contributed by atoms with Crippen LogP contribution in [-0.2, 0) is 27.7 Å². The van der Waals surface area contributed by atoms with Gasteiger partial charge in [-0.25, -0.2) is 8.42 Å². The highest BCUT2D eigenvalue weighted by Gasteiger charge is 2.25.